The molecule has 0 aliphatic carbocycles. The molecule has 0 heterocycles. The van der Waals surface area contributed by atoms with E-state index in [0.717, 1.165) is 6.42 Å². The minimum absolute atomic E-state index is 0.0127. The van der Waals surface area contributed by atoms with Crippen molar-refractivity contribution in [2.24, 2.45) is 0 Å². The molecule has 0 saturated heterocycles. The summed E-state index contributed by atoms with van der Waals surface area (Å²) in [5, 5.41) is 17.6. The summed E-state index contributed by atoms with van der Waals surface area (Å²) in [6.07, 6.45) is 22.4. The molecular weight excluding hydrogens is 416 g/mol. The zero-order valence-electron chi connectivity index (χ0n) is 20.6. The number of aliphatic hydroxyl groups is 2. The number of hydrogen-bond donors (Lipinski definition) is 3. The third-order valence-electron chi connectivity index (χ3n) is 5.35. The highest BCUT2D eigenvalue weighted by atomic mass is 32.2. The molecule has 0 aliphatic heterocycles. The van der Waals surface area contributed by atoms with Gasteiger partial charge < -0.3 is 14.9 Å². The van der Waals surface area contributed by atoms with Crippen molar-refractivity contribution in [3.8, 4) is 0 Å². The molecule has 0 fully saturated rings. The Hall–Kier alpha value is -0.210. The van der Waals surface area contributed by atoms with Crippen molar-refractivity contribution in [2.75, 3.05) is 6.61 Å². The van der Waals surface area contributed by atoms with Gasteiger partial charge in [0.25, 0.3) is 10.1 Å². The van der Waals surface area contributed by atoms with Gasteiger partial charge >= 0.3 is 0 Å². The Balaban J connectivity index is 0. The Morgan fingerprint density at radius 1 is 0.613 bits per heavy atom. The summed E-state index contributed by atoms with van der Waals surface area (Å²) in [6, 6.07) is 0. The first-order chi connectivity index (χ1) is 14.8. The van der Waals surface area contributed by atoms with Crippen molar-refractivity contribution in [3.05, 3.63) is 0 Å². The predicted octanol–water partition coefficient (Wildman–Crippen LogP) is 6.60. The van der Waals surface area contributed by atoms with Gasteiger partial charge in [0.15, 0.2) is 11.7 Å². The summed E-state index contributed by atoms with van der Waals surface area (Å²) in [5.41, 5.74) is -1.62. The average Bonchev–Trinajstić information content (AvgIpc) is 2.74. The minimum atomic E-state index is -4.20. The summed E-state index contributed by atoms with van der Waals surface area (Å²) in [5.74, 6) is 0. The van der Waals surface area contributed by atoms with Gasteiger partial charge in [-0.15, -0.1) is 0 Å². The fraction of sp³-hybridized carbons (Fsp3) is 1.00. The molecule has 0 rings (SSSR count). The Morgan fingerprint density at radius 2 is 0.968 bits per heavy atom. The normalized spacial score (nSPS) is 13.5. The third-order valence-corrected chi connectivity index (χ3v) is 6.37. The monoisotopic (exact) mass is 468 g/mol. The van der Waals surface area contributed by atoms with Gasteiger partial charge in [-0.05, 0) is 19.3 Å². The van der Waals surface area contributed by atoms with Crippen LogP contribution in [0.1, 0.15) is 136 Å². The van der Waals surface area contributed by atoms with E-state index in [0.29, 0.717) is 13.0 Å². The van der Waals surface area contributed by atoms with Crippen LogP contribution in [-0.2, 0) is 14.9 Å². The number of unbranched alkanes of at least 4 members (excludes halogenated alkanes) is 15. The second-order valence-electron chi connectivity index (χ2n) is 8.41. The van der Waals surface area contributed by atoms with Gasteiger partial charge in [-0.2, -0.15) is 8.42 Å². The lowest BCUT2D eigenvalue weighted by molar-refractivity contribution is -0.101. The number of ether oxygens (including phenoxy) is 1. The van der Waals surface area contributed by atoms with Crippen LogP contribution in [0.2, 0.25) is 0 Å². The summed E-state index contributed by atoms with van der Waals surface area (Å²) >= 11 is 0. The molecule has 190 valence electrons. The van der Waals surface area contributed by atoms with E-state index < -0.39 is 21.8 Å². The number of aliphatic hydroxyl groups excluding tert-OH is 2. The topological polar surface area (TPSA) is 104 Å². The lowest BCUT2D eigenvalue weighted by atomic mass is 10.0. The van der Waals surface area contributed by atoms with Crippen molar-refractivity contribution in [3.63, 3.8) is 0 Å². The predicted molar refractivity (Wildman–Crippen MR) is 130 cm³/mol. The maximum absolute atomic E-state index is 9.87. The Kier molecular flexibility index (Phi) is 26.0. The van der Waals surface area contributed by atoms with Crippen LogP contribution in [0.25, 0.3) is 0 Å². The van der Waals surface area contributed by atoms with Gasteiger partial charge in [0.05, 0.1) is 0 Å². The van der Waals surface area contributed by atoms with Crippen LogP contribution in [0.3, 0.4) is 0 Å². The molecule has 0 bridgehead atoms. The van der Waals surface area contributed by atoms with Gasteiger partial charge in [0, 0.05) is 6.61 Å². The summed E-state index contributed by atoms with van der Waals surface area (Å²) < 4.78 is 33.0. The fourth-order valence-electron chi connectivity index (χ4n) is 3.20. The molecular formula is C24H52O6S. The molecule has 2 atom stereocenters. The van der Waals surface area contributed by atoms with Crippen molar-refractivity contribution in [1.29, 1.82) is 0 Å². The van der Waals surface area contributed by atoms with E-state index in [4.69, 9.17) is 14.4 Å². The molecule has 31 heavy (non-hydrogen) atoms. The number of rotatable bonds is 21. The third kappa shape index (κ3) is 27.8. The highest BCUT2D eigenvalue weighted by Gasteiger charge is 2.15. The molecule has 0 saturated carbocycles. The first kappa shape index (κ1) is 33.0. The van der Waals surface area contributed by atoms with E-state index in [2.05, 4.69) is 6.92 Å². The lowest BCUT2D eigenvalue weighted by Gasteiger charge is -2.08. The molecule has 0 amide bonds. The van der Waals surface area contributed by atoms with Crippen LogP contribution in [-0.4, -0.2) is 41.5 Å². The SMILES string of the molecule is CCC(O)S(=O)(=O)O.CCCCCCCCCCCCCCCCCCOC(O)CC. The Bertz CT molecular complexity index is 441. The molecule has 0 spiro atoms. The molecule has 0 aromatic carbocycles. The highest BCUT2D eigenvalue weighted by molar-refractivity contribution is 7.86. The van der Waals surface area contributed by atoms with Gasteiger partial charge in [-0.25, -0.2) is 0 Å². The lowest BCUT2D eigenvalue weighted by Crippen LogP contribution is -2.17. The van der Waals surface area contributed by atoms with Gasteiger partial charge in [0.1, 0.15) is 0 Å². The van der Waals surface area contributed by atoms with Crippen molar-refractivity contribution in [2.45, 2.75) is 148 Å². The number of hydrogen-bond acceptors (Lipinski definition) is 5. The Labute approximate surface area is 192 Å². The zero-order chi connectivity index (χ0) is 23.8. The summed E-state index contributed by atoms with van der Waals surface area (Å²) in [7, 11) is -4.20. The van der Waals surface area contributed by atoms with E-state index in [1.165, 1.54) is 103 Å². The first-order valence-electron chi connectivity index (χ1n) is 12.7. The summed E-state index contributed by atoms with van der Waals surface area (Å²) in [6.45, 7) is 6.40. The quantitative estimate of drug-likeness (QED) is 0.0996. The largest absolute Gasteiger partial charge is 0.375 e. The zero-order valence-corrected chi connectivity index (χ0v) is 21.4. The first-order valence-corrected chi connectivity index (χ1v) is 14.2. The van der Waals surface area contributed by atoms with Crippen molar-refractivity contribution in [1.82, 2.24) is 0 Å². The minimum Gasteiger partial charge on any atom is -0.375 e. The molecule has 3 N–H and O–H groups in total. The van der Waals surface area contributed by atoms with E-state index in [-0.39, 0.29) is 6.42 Å². The highest BCUT2D eigenvalue weighted by Crippen LogP contribution is 2.13. The van der Waals surface area contributed by atoms with Crippen LogP contribution in [0, 0.1) is 0 Å². The molecule has 0 aliphatic rings. The van der Waals surface area contributed by atoms with Gasteiger partial charge in [0.2, 0.25) is 0 Å². The van der Waals surface area contributed by atoms with Crippen LogP contribution in [0.15, 0.2) is 0 Å². The van der Waals surface area contributed by atoms with E-state index in [1.54, 1.807) is 0 Å². The Morgan fingerprint density at radius 3 is 1.23 bits per heavy atom. The molecule has 0 aromatic heterocycles. The van der Waals surface area contributed by atoms with Gasteiger partial charge in [-0.3, -0.25) is 4.55 Å². The molecule has 0 radical (unpaired) electrons. The van der Waals surface area contributed by atoms with Crippen LogP contribution in [0.5, 0.6) is 0 Å². The van der Waals surface area contributed by atoms with E-state index in [1.807, 2.05) is 6.92 Å². The maximum Gasteiger partial charge on any atom is 0.291 e. The maximum atomic E-state index is 9.87. The molecule has 7 heteroatoms. The average molecular weight is 469 g/mol. The molecule has 0 aromatic rings. The van der Waals surface area contributed by atoms with Gasteiger partial charge in [-0.1, -0.05) is 117 Å². The van der Waals surface area contributed by atoms with Crippen molar-refractivity contribution >= 4 is 10.1 Å². The fourth-order valence-corrected chi connectivity index (χ4v) is 3.62. The second kappa shape index (κ2) is 24.4. The van der Waals surface area contributed by atoms with Crippen molar-refractivity contribution < 1.29 is 27.9 Å². The molecule has 2 unspecified atom stereocenters. The molecule has 6 nitrogen and oxygen atoms in total. The van der Waals surface area contributed by atoms with Crippen LogP contribution < -0.4 is 0 Å². The van der Waals surface area contributed by atoms with E-state index in [9.17, 15) is 13.5 Å². The van der Waals surface area contributed by atoms with E-state index >= 15 is 0 Å². The standard InChI is InChI=1S/C21H44O2.C3H8O4S/c1-3-5-6-7-8-9-10-11-12-13-14-15-16-17-18-19-20-23-21(22)4-2;1-2-3(4)8(5,6)7/h21-22H,3-20H2,1-2H3;3-4H,2H2,1H3,(H,5,6,7). The second-order valence-corrected chi connectivity index (χ2v) is 9.99. The summed E-state index contributed by atoms with van der Waals surface area (Å²) in [4.78, 5) is 0. The van der Waals surface area contributed by atoms with Crippen LogP contribution >= 0.6 is 0 Å². The van der Waals surface area contributed by atoms with Crippen LogP contribution in [0.4, 0.5) is 0 Å². The smallest absolute Gasteiger partial charge is 0.291 e.